The van der Waals surface area contributed by atoms with Crippen LogP contribution in [0.15, 0.2) is 83.1 Å². The van der Waals surface area contributed by atoms with Gasteiger partial charge in [0.2, 0.25) is 0 Å². The number of aliphatic hydroxyl groups is 1. The molecule has 1 aliphatic rings. The number of rotatable bonds is 13. The third-order valence-electron chi connectivity index (χ3n) is 6.31. The molecule has 1 heterocycles. The molecule has 1 aliphatic heterocycles. The second-order valence-corrected chi connectivity index (χ2v) is 10.6. The average Bonchev–Trinajstić information content (AvgIpc) is 3.00. The number of hydrogen-bond donors (Lipinski definition) is 4. The highest BCUT2D eigenvalue weighted by Crippen LogP contribution is 2.35. The van der Waals surface area contributed by atoms with Crippen LogP contribution < -0.4 is 30.3 Å². The third-order valence-corrected chi connectivity index (χ3v) is 7.03. The Bertz CT molecular complexity index is 1480. The van der Waals surface area contributed by atoms with E-state index in [-0.39, 0.29) is 12.2 Å². The molecule has 4 rings (SSSR count). The molecule has 4 N–H and O–H groups in total. The fourth-order valence-corrected chi connectivity index (χ4v) is 4.58. The Morgan fingerprint density at radius 2 is 1.81 bits per heavy atom. The van der Waals surface area contributed by atoms with E-state index in [2.05, 4.69) is 43.8 Å². The van der Waals surface area contributed by atoms with Crippen LogP contribution >= 0.6 is 22.6 Å². The Kier molecular flexibility index (Phi) is 11.2. The van der Waals surface area contributed by atoms with Crippen molar-refractivity contribution in [3.63, 3.8) is 0 Å². The lowest BCUT2D eigenvalue weighted by atomic mass is 9.95. The average molecular weight is 701 g/mol. The molecule has 2 atom stereocenters. The van der Waals surface area contributed by atoms with E-state index in [1.165, 1.54) is 10.7 Å². The van der Waals surface area contributed by atoms with Gasteiger partial charge in [-0.05, 0) is 102 Å². The molecule has 0 spiro atoms. The number of urea groups is 1. The molecular formula is C31H33IN4O7. The number of esters is 1. The van der Waals surface area contributed by atoms with Crippen LogP contribution in [0.25, 0.3) is 0 Å². The molecule has 0 bridgehead atoms. The predicted molar refractivity (Wildman–Crippen MR) is 169 cm³/mol. The van der Waals surface area contributed by atoms with Crippen LogP contribution in [0.2, 0.25) is 0 Å². The maximum atomic E-state index is 12.4. The molecule has 0 aliphatic carbocycles. The minimum atomic E-state index is -1.11. The zero-order valence-electron chi connectivity index (χ0n) is 23.9. The normalized spacial score (nSPS) is 15.4. The number of methoxy groups -OCH3 is 1. The minimum Gasteiger partial charge on any atom is -0.490 e. The lowest BCUT2D eigenvalue weighted by molar-refractivity contribution is -0.136. The van der Waals surface area contributed by atoms with Crippen molar-refractivity contribution in [1.29, 1.82) is 0 Å². The molecule has 12 heteroatoms. The van der Waals surface area contributed by atoms with Crippen molar-refractivity contribution in [1.82, 2.24) is 16.1 Å². The van der Waals surface area contributed by atoms with E-state index in [1.54, 1.807) is 31.3 Å². The Labute approximate surface area is 263 Å². The summed E-state index contributed by atoms with van der Waals surface area (Å²) in [7, 11) is 1.28. The number of allylic oxidation sites excluding steroid dienone is 1. The van der Waals surface area contributed by atoms with Crippen molar-refractivity contribution < 1.29 is 33.6 Å². The molecule has 11 nitrogen and oxygen atoms in total. The molecule has 0 saturated heterocycles. The van der Waals surface area contributed by atoms with Crippen molar-refractivity contribution in [3.05, 3.63) is 98.3 Å². The van der Waals surface area contributed by atoms with Gasteiger partial charge in [-0.2, -0.15) is 5.10 Å². The van der Waals surface area contributed by atoms with Gasteiger partial charge in [0.25, 0.3) is 0 Å². The van der Waals surface area contributed by atoms with Gasteiger partial charge in [0.05, 0.1) is 31.5 Å². The number of benzene rings is 3. The van der Waals surface area contributed by atoms with Crippen LogP contribution in [0, 0.1) is 3.57 Å². The molecule has 0 saturated carbocycles. The van der Waals surface area contributed by atoms with E-state index >= 15 is 0 Å². The van der Waals surface area contributed by atoms with Crippen molar-refractivity contribution in [2.24, 2.45) is 5.10 Å². The summed E-state index contributed by atoms with van der Waals surface area (Å²) in [5.74, 6) is 0.931. The molecule has 0 unspecified atom stereocenters. The largest absolute Gasteiger partial charge is 0.490 e. The van der Waals surface area contributed by atoms with E-state index in [0.717, 1.165) is 16.9 Å². The summed E-state index contributed by atoms with van der Waals surface area (Å²) in [5, 5.41) is 19.8. The number of amides is 2. The van der Waals surface area contributed by atoms with Gasteiger partial charge in [-0.1, -0.05) is 18.2 Å². The number of hydrazone groups is 1. The van der Waals surface area contributed by atoms with Crippen LogP contribution in [0.1, 0.15) is 36.6 Å². The summed E-state index contributed by atoms with van der Waals surface area (Å²) in [6, 6.07) is 19.4. The maximum absolute atomic E-state index is 12.4. The summed E-state index contributed by atoms with van der Waals surface area (Å²) in [4.78, 5) is 24.5. The first-order valence-corrected chi connectivity index (χ1v) is 14.5. The molecule has 0 fully saturated rings. The molecule has 226 valence electrons. The summed E-state index contributed by atoms with van der Waals surface area (Å²) < 4.78 is 23.4. The molecule has 0 radical (unpaired) electrons. The summed E-state index contributed by atoms with van der Waals surface area (Å²) in [5.41, 5.74) is 5.81. The molecule has 2 amide bonds. The topological polar surface area (TPSA) is 140 Å². The van der Waals surface area contributed by atoms with Crippen LogP contribution in [0.4, 0.5) is 4.79 Å². The highest BCUT2D eigenvalue weighted by atomic mass is 127. The van der Waals surface area contributed by atoms with Crippen molar-refractivity contribution >= 4 is 40.8 Å². The Morgan fingerprint density at radius 3 is 2.51 bits per heavy atom. The van der Waals surface area contributed by atoms with Gasteiger partial charge < -0.3 is 34.7 Å². The van der Waals surface area contributed by atoms with E-state index in [4.69, 9.17) is 18.9 Å². The highest BCUT2D eigenvalue weighted by Gasteiger charge is 2.32. The zero-order chi connectivity index (χ0) is 30.8. The molecular weight excluding hydrogens is 667 g/mol. The van der Waals surface area contributed by atoms with Crippen LogP contribution in [0.5, 0.6) is 17.2 Å². The maximum Gasteiger partial charge on any atom is 0.337 e. The third kappa shape index (κ3) is 8.85. The van der Waals surface area contributed by atoms with Gasteiger partial charge >= 0.3 is 12.0 Å². The number of ether oxygens (including phenoxy) is 4. The van der Waals surface area contributed by atoms with Gasteiger partial charge in [0.1, 0.15) is 19.0 Å². The second-order valence-electron chi connectivity index (χ2n) is 9.40. The Morgan fingerprint density at radius 1 is 1.07 bits per heavy atom. The fourth-order valence-electron chi connectivity index (χ4n) is 4.22. The smallest absolute Gasteiger partial charge is 0.337 e. The number of carbonyl (C=O) groups excluding carboxylic acids is 2. The Balaban J connectivity index is 1.32. The number of aliphatic hydroxyl groups excluding tert-OH is 1. The van der Waals surface area contributed by atoms with Crippen LogP contribution in [-0.4, -0.2) is 49.9 Å². The van der Waals surface area contributed by atoms with Crippen LogP contribution in [-0.2, 0) is 16.1 Å². The summed E-state index contributed by atoms with van der Waals surface area (Å²) in [6.45, 7) is 4.15. The number of nitrogens with one attached hydrogen (secondary N) is 3. The summed E-state index contributed by atoms with van der Waals surface area (Å²) >= 11 is 2.27. The highest BCUT2D eigenvalue weighted by molar-refractivity contribution is 14.1. The predicted octanol–water partition coefficient (Wildman–Crippen LogP) is 4.39. The van der Waals surface area contributed by atoms with E-state index < -0.39 is 24.3 Å². The van der Waals surface area contributed by atoms with Crippen molar-refractivity contribution in [2.75, 3.05) is 20.3 Å². The first kappa shape index (κ1) is 31.6. The Hall–Kier alpha value is -4.30. The molecule has 0 aromatic heterocycles. The lowest BCUT2D eigenvalue weighted by Crippen LogP contribution is -2.45. The fraction of sp³-hybridized carbons (Fsp3) is 0.258. The minimum absolute atomic E-state index is 0.126. The van der Waals surface area contributed by atoms with Gasteiger partial charge in [0, 0.05) is 9.27 Å². The van der Waals surface area contributed by atoms with Gasteiger partial charge in [0.15, 0.2) is 17.7 Å². The number of hydrogen-bond acceptors (Lipinski definition) is 9. The second kappa shape index (κ2) is 15.3. The van der Waals surface area contributed by atoms with E-state index in [0.29, 0.717) is 36.0 Å². The van der Waals surface area contributed by atoms with Gasteiger partial charge in [-0.3, -0.25) is 5.43 Å². The lowest BCUT2D eigenvalue weighted by Gasteiger charge is -2.28. The number of nitrogens with zero attached hydrogens (tertiary/aromatic N) is 1. The molecule has 43 heavy (non-hydrogen) atoms. The van der Waals surface area contributed by atoms with Crippen LogP contribution in [0.3, 0.4) is 0 Å². The van der Waals surface area contributed by atoms with Gasteiger partial charge in [-0.25, -0.2) is 9.59 Å². The van der Waals surface area contributed by atoms with Crippen molar-refractivity contribution in [3.8, 4) is 17.2 Å². The zero-order valence-corrected chi connectivity index (χ0v) is 26.1. The first-order chi connectivity index (χ1) is 20.8. The number of halogens is 1. The monoisotopic (exact) mass is 700 g/mol. The van der Waals surface area contributed by atoms with E-state index in [9.17, 15) is 14.7 Å². The van der Waals surface area contributed by atoms with E-state index in [1.807, 2.05) is 55.5 Å². The summed E-state index contributed by atoms with van der Waals surface area (Å²) in [6.07, 6.45) is 0.469. The standard InChI is InChI=1S/C31H33IN4O7/c1-4-41-26-15-22(29-28(30(38)40-3)19(2)34-31(39)35-29)9-14-25(26)43-18-27(37)36-33-16-20-7-12-24(13-8-20)42-17-21-5-10-23(32)11-6-21/h5-16,27,29,36-37H,4,17-18H2,1-3H3,(H2,34,35,39)/b33-16-/t27-,29-/m0/s1. The quantitative estimate of drug-likeness (QED) is 0.0678. The first-order valence-electron chi connectivity index (χ1n) is 13.5. The van der Waals surface area contributed by atoms with Gasteiger partial charge in [-0.15, -0.1) is 0 Å². The van der Waals surface area contributed by atoms with Crippen molar-refractivity contribution in [2.45, 2.75) is 32.7 Å². The molecule has 3 aromatic rings. The molecule has 3 aromatic carbocycles. The SMILES string of the molecule is CCOc1cc([C@@H]2NC(=O)NC(C)=C2C(=O)OC)ccc1OC[C@H](O)N/N=C\c1ccc(OCc2ccc(I)cc2)cc1. The number of carbonyl (C=O) groups is 2.